The molecule has 4 rings (SSSR count). The van der Waals surface area contributed by atoms with Crippen molar-refractivity contribution in [2.45, 2.75) is 25.4 Å². The van der Waals surface area contributed by atoms with Crippen LogP contribution in [-0.2, 0) is 0 Å². The smallest absolute Gasteiger partial charge is 0.257 e. The first-order valence-corrected chi connectivity index (χ1v) is 8.69. The number of hydrogen-bond acceptors (Lipinski definition) is 3. The van der Waals surface area contributed by atoms with E-state index in [1.54, 1.807) is 12.1 Å². The number of piperidine rings is 1. The van der Waals surface area contributed by atoms with Gasteiger partial charge in [-0.2, -0.15) is 0 Å². The van der Waals surface area contributed by atoms with E-state index in [0.717, 1.165) is 37.2 Å². The minimum atomic E-state index is -0.166. The first-order valence-electron chi connectivity index (χ1n) is 8.69. The molecular weight excluding hydrogens is 314 g/mol. The van der Waals surface area contributed by atoms with Crippen LogP contribution in [0.3, 0.4) is 0 Å². The van der Waals surface area contributed by atoms with Gasteiger partial charge in [0, 0.05) is 24.8 Å². The fourth-order valence-corrected chi connectivity index (χ4v) is 3.74. The van der Waals surface area contributed by atoms with Crippen molar-refractivity contribution in [2.24, 2.45) is 0 Å². The summed E-state index contributed by atoms with van der Waals surface area (Å²) in [6, 6.07) is 14.7. The van der Waals surface area contributed by atoms with Gasteiger partial charge in [-0.25, -0.2) is 0 Å². The summed E-state index contributed by atoms with van der Waals surface area (Å²) < 4.78 is 0. The summed E-state index contributed by atoms with van der Waals surface area (Å²) in [5, 5.41) is 2.89. The van der Waals surface area contributed by atoms with Crippen LogP contribution < -0.4 is 10.2 Å². The fourth-order valence-electron chi connectivity index (χ4n) is 3.74. The highest BCUT2D eigenvalue weighted by Gasteiger charge is 2.37. The number of para-hydroxylation sites is 1. The van der Waals surface area contributed by atoms with E-state index in [-0.39, 0.29) is 18.0 Å². The summed E-state index contributed by atoms with van der Waals surface area (Å²) in [4.78, 5) is 29.4. The summed E-state index contributed by atoms with van der Waals surface area (Å²) in [5.41, 5.74) is 2.84. The normalized spacial score (nSPS) is 19.2. The summed E-state index contributed by atoms with van der Waals surface area (Å²) in [6.07, 6.45) is 3.26. The molecular formula is C20H21N3O2. The number of hydrogen-bond donors (Lipinski definition) is 1. The van der Waals surface area contributed by atoms with Gasteiger partial charge >= 0.3 is 0 Å². The van der Waals surface area contributed by atoms with Gasteiger partial charge in [-0.05, 0) is 49.6 Å². The lowest BCUT2D eigenvalue weighted by Gasteiger charge is -2.46. The van der Waals surface area contributed by atoms with Gasteiger partial charge < -0.3 is 15.1 Å². The molecule has 25 heavy (non-hydrogen) atoms. The third-order valence-electron chi connectivity index (χ3n) is 5.08. The zero-order valence-corrected chi connectivity index (χ0v) is 14.2. The molecule has 0 saturated carbocycles. The quantitative estimate of drug-likeness (QED) is 0.916. The lowest BCUT2D eigenvalue weighted by molar-refractivity contribution is 0.0589. The maximum absolute atomic E-state index is 12.8. The lowest BCUT2D eigenvalue weighted by atomic mass is 9.97. The lowest BCUT2D eigenvalue weighted by Crippen LogP contribution is -2.55. The van der Waals surface area contributed by atoms with E-state index in [1.807, 2.05) is 48.3 Å². The maximum atomic E-state index is 12.8. The van der Waals surface area contributed by atoms with E-state index >= 15 is 0 Å². The first kappa shape index (κ1) is 15.7. The second-order valence-corrected chi connectivity index (χ2v) is 6.64. The number of anilines is 2. The first-order chi connectivity index (χ1) is 12.1. The van der Waals surface area contributed by atoms with Gasteiger partial charge in [-0.1, -0.05) is 18.2 Å². The Bertz CT molecular complexity index is 819. The molecule has 0 unspecified atom stereocenters. The van der Waals surface area contributed by atoms with Gasteiger partial charge in [0.1, 0.15) is 6.17 Å². The summed E-state index contributed by atoms with van der Waals surface area (Å²) in [5.74, 6) is -0.0891. The van der Waals surface area contributed by atoms with Crippen LogP contribution in [0, 0.1) is 0 Å². The second-order valence-electron chi connectivity index (χ2n) is 6.64. The number of carbonyl (C=O) groups excluding carboxylic acids is 2. The van der Waals surface area contributed by atoms with Crippen LogP contribution in [0.15, 0.2) is 48.5 Å². The number of benzene rings is 2. The number of rotatable bonds is 2. The van der Waals surface area contributed by atoms with Crippen LogP contribution in [0.1, 0.15) is 40.0 Å². The molecule has 0 radical (unpaired) electrons. The predicted molar refractivity (Wildman–Crippen MR) is 97.9 cm³/mol. The molecule has 0 aliphatic carbocycles. The highest BCUT2D eigenvalue weighted by atomic mass is 16.2. The molecule has 2 heterocycles. The molecule has 1 fully saturated rings. The molecule has 1 atom stereocenters. The topological polar surface area (TPSA) is 52.7 Å². The van der Waals surface area contributed by atoms with Crippen LogP contribution in [0.25, 0.3) is 0 Å². The van der Waals surface area contributed by atoms with Crippen LogP contribution in [-0.4, -0.2) is 36.5 Å². The number of carbonyl (C=O) groups is 2. The summed E-state index contributed by atoms with van der Waals surface area (Å²) in [7, 11) is 2.01. The van der Waals surface area contributed by atoms with E-state index in [4.69, 9.17) is 0 Å². The van der Waals surface area contributed by atoms with Crippen LogP contribution in [0.2, 0.25) is 0 Å². The van der Waals surface area contributed by atoms with E-state index in [1.165, 1.54) is 0 Å². The summed E-state index contributed by atoms with van der Waals surface area (Å²) in [6.45, 7) is 0.809. The molecule has 2 amide bonds. The number of amides is 2. The van der Waals surface area contributed by atoms with Gasteiger partial charge in [-0.15, -0.1) is 0 Å². The predicted octanol–water partition coefficient (Wildman–Crippen LogP) is 3.34. The van der Waals surface area contributed by atoms with Gasteiger partial charge in [-0.3, -0.25) is 9.59 Å². The Balaban J connectivity index is 1.64. The molecule has 1 saturated heterocycles. The Morgan fingerprint density at radius 1 is 1.12 bits per heavy atom. The number of nitrogens with zero attached hydrogens (tertiary/aromatic N) is 2. The Morgan fingerprint density at radius 3 is 2.72 bits per heavy atom. The minimum Gasteiger partial charge on any atom is -0.354 e. The molecule has 2 aromatic rings. The van der Waals surface area contributed by atoms with Crippen molar-refractivity contribution in [3.8, 4) is 0 Å². The molecule has 0 spiro atoms. The molecule has 5 nitrogen and oxygen atoms in total. The summed E-state index contributed by atoms with van der Waals surface area (Å²) >= 11 is 0. The zero-order chi connectivity index (χ0) is 17.4. The third-order valence-corrected chi connectivity index (χ3v) is 5.08. The zero-order valence-electron chi connectivity index (χ0n) is 14.2. The SMILES string of the molecule is CN1c2cc(C(=O)Nc3ccccc3)ccc2C(=O)N2CCCC[C@H]21. The average molecular weight is 335 g/mol. The Morgan fingerprint density at radius 2 is 1.92 bits per heavy atom. The van der Waals surface area contributed by atoms with E-state index in [2.05, 4.69) is 10.2 Å². The van der Waals surface area contributed by atoms with Crippen molar-refractivity contribution >= 4 is 23.2 Å². The Hall–Kier alpha value is -2.82. The van der Waals surface area contributed by atoms with Crippen LogP contribution >= 0.6 is 0 Å². The largest absolute Gasteiger partial charge is 0.354 e. The molecule has 0 bridgehead atoms. The van der Waals surface area contributed by atoms with E-state index in [0.29, 0.717) is 11.1 Å². The highest BCUT2D eigenvalue weighted by Crippen LogP contribution is 2.34. The monoisotopic (exact) mass is 335 g/mol. The van der Waals surface area contributed by atoms with Crippen LogP contribution in [0.4, 0.5) is 11.4 Å². The Kier molecular flexibility index (Phi) is 3.92. The molecule has 128 valence electrons. The molecule has 2 aliphatic rings. The van der Waals surface area contributed by atoms with E-state index in [9.17, 15) is 9.59 Å². The molecule has 1 N–H and O–H groups in total. The van der Waals surface area contributed by atoms with Crippen molar-refractivity contribution in [1.82, 2.24) is 4.90 Å². The average Bonchev–Trinajstić information content (AvgIpc) is 2.66. The van der Waals surface area contributed by atoms with Crippen molar-refractivity contribution in [2.75, 3.05) is 23.8 Å². The second kappa shape index (κ2) is 6.24. The van der Waals surface area contributed by atoms with Gasteiger partial charge in [0.2, 0.25) is 0 Å². The molecule has 5 heteroatoms. The number of nitrogens with one attached hydrogen (secondary N) is 1. The fraction of sp³-hybridized carbons (Fsp3) is 0.300. The van der Waals surface area contributed by atoms with Gasteiger partial charge in [0.25, 0.3) is 11.8 Å². The number of fused-ring (bicyclic) bond motifs is 2. The molecule has 2 aromatic carbocycles. The van der Waals surface area contributed by atoms with Gasteiger partial charge in [0.15, 0.2) is 0 Å². The Labute approximate surface area is 147 Å². The van der Waals surface area contributed by atoms with Crippen molar-refractivity contribution in [3.05, 3.63) is 59.7 Å². The van der Waals surface area contributed by atoms with Gasteiger partial charge in [0.05, 0.1) is 11.3 Å². The standard InChI is InChI=1S/C20H21N3O2/c1-22-17-13-14(19(24)21-15-7-3-2-4-8-15)10-11-16(17)20(25)23-12-6-5-9-18(22)23/h2-4,7-8,10-11,13,18H,5-6,9,12H2,1H3,(H,21,24)/t18-/m0/s1. The minimum absolute atomic E-state index is 0.0767. The third kappa shape index (κ3) is 2.76. The molecule has 2 aliphatic heterocycles. The highest BCUT2D eigenvalue weighted by molar-refractivity contribution is 6.08. The van der Waals surface area contributed by atoms with Crippen molar-refractivity contribution in [3.63, 3.8) is 0 Å². The van der Waals surface area contributed by atoms with E-state index < -0.39 is 0 Å². The molecule has 0 aromatic heterocycles. The van der Waals surface area contributed by atoms with Crippen molar-refractivity contribution < 1.29 is 9.59 Å². The van der Waals surface area contributed by atoms with Crippen LogP contribution in [0.5, 0.6) is 0 Å². The van der Waals surface area contributed by atoms with Crippen molar-refractivity contribution in [1.29, 1.82) is 0 Å². The maximum Gasteiger partial charge on any atom is 0.257 e.